The van der Waals surface area contributed by atoms with Crippen molar-refractivity contribution < 1.29 is 9.47 Å². The van der Waals surface area contributed by atoms with Crippen molar-refractivity contribution in [3.05, 3.63) is 23.8 Å². The number of fused-ring (bicyclic) bond motifs is 1. The Morgan fingerprint density at radius 2 is 1.77 bits per heavy atom. The zero-order chi connectivity index (χ0) is 20.9. The molecule has 0 aromatic heterocycles. The monoisotopic (exact) mass is 416 g/mol. The summed E-state index contributed by atoms with van der Waals surface area (Å²) in [6.45, 7) is 13.2. The van der Waals surface area contributed by atoms with Crippen LogP contribution in [0.25, 0.3) is 0 Å². The summed E-state index contributed by atoms with van der Waals surface area (Å²) in [6, 6.07) is 6.78. The summed E-state index contributed by atoms with van der Waals surface area (Å²) in [5, 5.41) is 3.61. The molecule has 0 aliphatic carbocycles. The minimum Gasteiger partial charge on any atom is -0.454 e. The van der Waals surface area contributed by atoms with Crippen LogP contribution in [0.2, 0.25) is 0 Å². The highest BCUT2D eigenvalue weighted by atomic mass is 16.7. The van der Waals surface area contributed by atoms with E-state index in [1.54, 1.807) is 0 Å². The third-order valence-corrected chi connectivity index (χ3v) is 6.44. The summed E-state index contributed by atoms with van der Waals surface area (Å²) >= 11 is 0. The minimum atomic E-state index is 0.330. The first-order valence-corrected chi connectivity index (χ1v) is 11.1. The third kappa shape index (κ3) is 5.17. The van der Waals surface area contributed by atoms with E-state index in [4.69, 9.17) is 9.47 Å². The molecule has 2 fully saturated rings. The summed E-state index contributed by atoms with van der Waals surface area (Å²) in [5.41, 5.74) is 1.27. The maximum absolute atomic E-state index is 5.51. The molecule has 8 heteroatoms. The number of nitrogens with one attached hydrogen (secondary N) is 1. The molecule has 3 aliphatic heterocycles. The number of hydrogen-bond acceptors (Lipinski definition) is 6. The summed E-state index contributed by atoms with van der Waals surface area (Å²) in [7, 11) is 4.09. The molecule has 3 aliphatic rings. The van der Waals surface area contributed by atoms with Crippen LogP contribution in [0.3, 0.4) is 0 Å². The van der Waals surface area contributed by atoms with Crippen LogP contribution in [0.5, 0.6) is 11.5 Å². The van der Waals surface area contributed by atoms with Crippen LogP contribution < -0.4 is 14.8 Å². The molecule has 30 heavy (non-hydrogen) atoms. The fourth-order valence-electron chi connectivity index (χ4n) is 4.38. The Labute approximate surface area is 180 Å². The van der Waals surface area contributed by atoms with Crippen molar-refractivity contribution in [1.82, 2.24) is 24.9 Å². The summed E-state index contributed by atoms with van der Waals surface area (Å²) in [5.74, 6) is 2.74. The van der Waals surface area contributed by atoms with Gasteiger partial charge in [0.2, 0.25) is 6.79 Å². The highest BCUT2D eigenvalue weighted by Crippen LogP contribution is 2.32. The number of aliphatic imine (C=N–C) groups is 1. The zero-order valence-electron chi connectivity index (χ0n) is 18.6. The Morgan fingerprint density at radius 1 is 1.03 bits per heavy atom. The SMILES string of the molecule is CN=C(NCC(C)N1CCN(C)CC1)N1CCN(Cc2ccc3c(c2)OCO3)CC1. The maximum atomic E-state index is 5.51. The first kappa shape index (κ1) is 21.2. The number of nitrogens with zero attached hydrogens (tertiary/aromatic N) is 5. The number of rotatable bonds is 5. The van der Waals surface area contributed by atoms with E-state index in [0.717, 1.165) is 82.9 Å². The lowest BCUT2D eigenvalue weighted by Gasteiger charge is -2.39. The van der Waals surface area contributed by atoms with Crippen molar-refractivity contribution in [2.24, 2.45) is 4.99 Å². The van der Waals surface area contributed by atoms with Gasteiger partial charge in [-0.15, -0.1) is 0 Å². The first-order chi connectivity index (χ1) is 14.6. The lowest BCUT2D eigenvalue weighted by Crippen LogP contribution is -2.55. The van der Waals surface area contributed by atoms with Gasteiger partial charge in [-0.05, 0) is 31.7 Å². The van der Waals surface area contributed by atoms with E-state index in [0.29, 0.717) is 12.8 Å². The smallest absolute Gasteiger partial charge is 0.231 e. The number of likely N-dealkylation sites (N-methyl/N-ethyl adjacent to an activating group) is 1. The Kier molecular flexibility index (Phi) is 6.97. The normalized spacial score (nSPS) is 22.4. The van der Waals surface area contributed by atoms with Gasteiger partial charge in [-0.25, -0.2) is 0 Å². The number of guanidine groups is 1. The van der Waals surface area contributed by atoms with Crippen LogP contribution in [0.4, 0.5) is 0 Å². The van der Waals surface area contributed by atoms with E-state index in [1.165, 1.54) is 5.56 Å². The molecule has 0 saturated carbocycles. The summed E-state index contributed by atoms with van der Waals surface area (Å²) < 4.78 is 10.9. The van der Waals surface area contributed by atoms with Gasteiger partial charge in [-0.3, -0.25) is 14.8 Å². The van der Waals surface area contributed by atoms with Gasteiger partial charge in [-0.1, -0.05) is 6.07 Å². The molecule has 0 amide bonds. The van der Waals surface area contributed by atoms with Gasteiger partial charge >= 0.3 is 0 Å². The Morgan fingerprint density at radius 3 is 2.50 bits per heavy atom. The number of benzene rings is 1. The highest BCUT2D eigenvalue weighted by Gasteiger charge is 2.23. The lowest BCUT2D eigenvalue weighted by atomic mass is 10.1. The second-order valence-corrected chi connectivity index (χ2v) is 8.57. The average molecular weight is 417 g/mol. The Hall–Kier alpha value is -2.03. The molecule has 0 radical (unpaired) electrons. The fraction of sp³-hybridized carbons (Fsp3) is 0.682. The van der Waals surface area contributed by atoms with Gasteiger partial charge in [0.25, 0.3) is 0 Å². The number of hydrogen-bond donors (Lipinski definition) is 1. The van der Waals surface area contributed by atoms with Crippen molar-refractivity contribution in [3.63, 3.8) is 0 Å². The molecule has 4 rings (SSSR count). The van der Waals surface area contributed by atoms with E-state index in [1.807, 2.05) is 13.1 Å². The first-order valence-electron chi connectivity index (χ1n) is 11.1. The Bertz CT molecular complexity index is 726. The fourth-order valence-corrected chi connectivity index (χ4v) is 4.38. The second-order valence-electron chi connectivity index (χ2n) is 8.57. The second kappa shape index (κ2) is 9.85. The van der Waals surface area contributed by atoms with Crippen molar-refractivity contribution in [3.8, 4) is 11.5 Å². The summed E-state index contributed by atoms with van der Waals surface area (Å²) in [4.78, 5) is 14.4. The van der Waals surface area contributed by atoms with Gasteiger partial charge in [0.15, 0.2) is 17.5 Å². The molecule has 1 aromatic rings. The molecule has 8 nitrogen and oxygen atoms in total. The van der Waals surface area contributed by atoms with Crippen LogP contribution in [-0.2, 0) is 6.54 Å². The van der Waals surface area contributed by atoms with E-state index in [2.05, 4.69) is 56.0 Å². The molecular formula is C22H36N6O2. The maximum Gasteiger partial charge on any atom is 0.231 e. The molecule has 166 valence electrons. The molecule has 1 aromatic carbocycles. The van der Waals surface area contributed by atoms with E-state index < -0.39 is 0 Å². The topological polar surface area (TPSA) is 55.8 Å². The zero-order valence-corrected chi connectivity index (χ0v) is 18.6. The van der Waals surface area contributed by atoms with Gasteiger partial charge in [-0.2, -0.15) is 0 Å². The third-order valence-electron chi connectivity index (χ3n) is 6.44. The van der Waals surface area contributed by atoms with Gasteiger partial charge in [0, 0.05) is 78.5 Å². The van der Waals surface area contributed by atoms with Crippen LogP contribution >= 0.6 is 0 Å². The predicted octanol–water partition coefficient (Wildman–Crippen LogP) is 0.744. The minimum absolute atomic E-state index is 0.330. The van der Waals surface area contributed by atoms with Gasteiger partial charge in [0.05, 0.1) is 0 Å². The summed E-state index contributed by atoms with van der Waals surface area (Å²) in [6.07, 6.45) is 0. The van der Waals surface area contributed by atoms with E-state index in [-0.39, 0.29) is 0 Å². The van der Waals surface area contributed by atoms with Crippen molar-refractivity contribution in [2.75, 3.05) is 79.8 Å². The van der Waals surface area contributed by atoms with Crippen LogP contribution in [0.1, 0.15) is 12.5 Å². The van der Waals surface area contributed by atoms with Gasteiger partial charge < -0.3 is 24.6 Å². The van der Waals surface area contributed by atoms with Crippen molar-refractivity contribution in [2.45, 2.75) is 19.5 Å². The van der Waals surface area contributed by atoms with Crippen LogP contribution in [0.15, 0.2) is 23.2 Å². The van der Waals surface area contributed by atoms with Crippen LogP contribution in [0, 0.1) is 0 Å². The molecular weight excluding hydrogens is 380 g/mol. The van der Waals surface area contributed by atoms with E-state index >= 15 is 0 Å². The molecule has 3 heterocycles. The standard InChI is InChI=1S/C22H36N6O2/c1-18(27-10-6-25(3)7-11-27)15-24-22(23-2)28-12-8-26(9-13-28)16-19-4-5-20-21(14-19)30-17-29-20/h4-5,14,18H,6-13,15-17H2,1-3H3,(H,23,24). The van der Waals surface area contributed by atoms with Crippen molar-refractivity contribution in [1.29, 1.82) is 0 Å². The van der Waals surface area contributed by atoms with Gasteiger partial charge in [0.1, 0.15) is 0 Å². The molecule has 1 atom stereocenters. The average Bonchev–Trinajstić information content (AvgIpc) is 3.23. The quantitative estimate of drug-likeness (QED) is 0.561. The largest absolute Gasteiger partial charge is 0.454 e. The number of ether oxygens (including phenoxy) is 2. The lowest BCUT2D eigenvalue weighted by molar-refractivity contribution is 0.119. The predicted molar refractivity (Wildman–Crippen MR) is 119 cm³/mol. The highest BCUT2D eigenvalue weighted by molar-refractivity contribution is 5.80. The number of piperazine rings is 2. The Balaban J connectivity index is 1.21. The van der Waals surface area contributed by atoms with Crippen molar-refractivity contribution >= 4 is 5.96 Å². The molecule has 1 N–H and O–H groups in total. The van der Waals surface area contributed by atoms with E-state index in [9.17, 15) is 0 Å². The molecule has 2 saturated heterocycles. The van der Waals surface area contributed by atoms with Crippen LogP contribution in [-0.4, -0.2) is 111 Å². The molecule has 0 bridgehead atoms. The molecule has 1 unspecified atom stereocenters. The molecule has 0 spiro atoms.